The molecule has 1 unspecified atom stereocenters. The molecule has 1 N–H and O–H groups in total. The SMILES string of the molecule is C=C(C)CC(O)c1ccc(Br)cc1F. The van der Waals surface area contributed by atoms with Crippen molar-refractivity contribution in [2.24, 2.45) is 0 Å². The third-order valence-corrected chi connectivity index (χ3v) is 2.36. The minimum Gasteiger partial charge on any atom is -0.388 e. The maximum Gasteiger partial charge on any atom is 0.130 e. The zero-order chi connectivity index (χ0) is 10.7. The molecule has 1 rings (SSSR count). The van der Waals surface area contributed by atoms with E-state index in [-0.39, 0.29) is 0 Å². The van der Waals surface area contributed by atoms with Crippen molar-refractivity contribution >= 4 is 15.9 Å². The zero-order valence-corrected chi connectivity index (χ0v) is 9.51. The second-order valence-electron chi connectivity index (χ2n) is 3.34. The van der Waals surface area contributed by atoms with E-state index in [9.17, 15) is 9.50 Å². The van der Waals surface area contributed by atoms with Gasteiger partial charge in [0.2, 0.25) is 0 Å². The van der Waals surface area contributed by atoms with Crippen molar-refractivity contribution in [1.82, 2.24) is 0 Å². The highest BCUT2D eigenvalue weighted by Gasteiger charge is 2.12. The largest absolute Gasteiger partial charge is 0.388 e. The van der Waals surface area contributed by atoms with Crippen LogP contribution in [0.1, 0.15) is 25.0 Å². The average molecular weight is 259 g/mol. The zero-order valence-electron chi connectivity index (χ0n) is 7.93. The van der Waals surface area contributed by atoms with E-state index in [1.54, 1.807) is 19.1 Å². The first-order valence-corrected chi connectivity index (χ1v) is 5.07. The van der Waals surface area contributed by atoms with Crippen LogP contribution in [-0.2, 0) is 0 Å². The van der Waals surface area contributed by atoms with Crippen LogP contribution in [0.4, 0.5) is 4.39 Å². The van der Waals surface area contributed by atoms with Gasteiger partial charge >= 0.3 is 0 Å². The molecule has 1 nitrogen and oxygen atoms in total. The molecule has 14 heavy (non-hydrogen) atoms. The molecule has 0 fully saturated rings. The first-order valence-electron chi connectivity index (χ1n) is 4.28. The maximum absolute atomic E-state index is 13.3. The van der Waals surface area contributed by atoms with Gasteiger partial charge in [-0.1, -0.05) is 27.6 Å². The number of benzene rings is 1. The van der Waals surface area contributed by atoms with E-state index in [2.05, 4.69) is 22.5 Å². The van der Waals surface area contributed by atoms with Crippen molar-refractivity contribution in [2.75, 3.05) is 0 Å². The highest BCUT2D eigenvalue weighted by Crippen LogP contribution is 2.24. The van der Waals surface area contributed by atoms with Gasteiger partial charge in [-0.2, -0.15) is 0 Å². The first-order chi connectivity index (χ1) is 6.50. The minimum absolute atomic E-state index is 0.316. The Hall–Kier alpha value is -0.670. The number of rotatable bonds is 3. The topological polar surface area (TPSA) is 20.2 Å². The third kappa shape index (κ3) is 2.93. The lowest BCUT2D eigenvalue weighted by Crippen LogP contribution is -2.00. The molecule has 0 saturated carbocycles. The third-order valence-electron chi connectivity index (χ3n) is 1.86. The molecule has 76 valence electrons. The molecule has 0 amide bonds. The van der Waals surface area contributed by atoms with E-state index < -0.39 is 11.9 Å². The van der Waals surface area contributed by atoms with E-state index in [0.29, 0.717) is 16.5 Å². The Morgan fingerprint density at radius 3 is 2.79 bits per heavy atom. The molecule has 0 aromatic heterocycles. The second-order valence-corrected chi connectivity index (χ2v) is 4.26. The second kappa shape index (κ2) is 4.71. The molecule has 0 saturated heterocycles. The van der Waals surface area contributed by atoms with Crippen LogP contribution in [0.15, 0.2) is 34.8 Å². The Morgan fingerprint density at radius 1 is 1.64 bits per heavy atom. The van der Waals surface area contributed by atoms with Gasteiger partial charge in [0.1, 0.15) is 5.82 Å². The van der Waals surface area contributed by atoms with Crippen LogP contribution in [0.3, 0.4) is 0 Å². The van der Waals surface area contributed by atoms with Gasteiger partial charge in [0.15, 0.2) is 0 Å². The summed E-state index contributed by atoms with van der Waals surface area (Å²) in [6, 6.07) is 4.63. The number of aliphatic hydroxyl groups excluding tert-OH is 1. The number of halogens is 2. The van der Waals surface area contributed by atoms with Gasteiger partial charge < -0.3 is 5.11 Å². The number of hydrogen-bond acceptors (Lipinski definition) is 1. The lowest BCUT2D eigenvalue weighted by molar-refractivity contribution is 0.173. The Balaban J connectivity index is 2.90. The normalized spacial score (nSPS) is 12.6. The summed E-state index contributed by atoms with van der Waals surface area (Å²) in [6.07, 6.45) is -0.418. The van der Waals surface area contributed by atoms with E-state index in [1.165, 1.54) is 6.07 Å². The summed E-state index contributed by atoms with van der Waals surface area (Å²) in [5, 5.41) is 9.65. The summed E-state index contributed by atoms with van der Waals surface area (Å²) >= 11 is 3.16. The number of hydrogen-bond donors (Lipinski definition) is 1. The Kier molecular flexibility index (Phi) is 3.84. The van der Waals surface area contributed by atoms with E-state index in [4.69, 9.17) is 0 Å². The Morgan fingerprint density at radius 2 is 2.29 bits per heavy atom. The lowest BCUT2D eigenvalue weighted by Gasteiger charge is -2.11. The molecular formula is C11H12BrFO. The fourth-order valence-electron chi connectivity index (χ4n) is 1.21. The molecule has 1 aromatic carbocycles. The van der Waals surface area contributed by atoms with Crippen LogP contribution < -0.4 is 0 Å². The van der Waals surface area contributed by atoms with E-state index >= 15 is 0 Å². The molecule has 1 atom stereocenters. The van der Waals surface area contributed by atoms with Crippen molar-refractivity contribution in [3.63, 3.8) is 0 Å². The molecule has 0 aliphatic rings. The first kappa shape index (κ1) is 11.4. The van der Waals surface area contributed by atoms with Gasteiger partial charge in [0.05, 0.1) is 6.10 Å². The van der Waals surface area contributed by atoms with Crippen molar-refractivity contribution in [2.45, 2.75) is 19.4 Å². The maximum atomic E-state index is 13.3. The quantitative estimate of drug-likeness (QED) is 0.822. The standard InChI is InChI=1S/C11H12BrFO/c1-7(2)5-11(14)9-4-3-8(12)6-10(9)13/h3-4,6,11,14H,1,5H2,2H3. The van der Waals surface area contributed by atoms with Gasteiger partial charge in [-0.3, -0.25) is 0 Å². The molecule has 1 aromatic rings. The van der Waals surface area contributed by atoms with Gasteiger partial charge in [0.25, 0.3) is 0 Å². The molecule has 3 heteroatoms. The summed E-state index contributed by atoms with van der Waals surface area (Å²) in [4.78, 5) is 0. The highest BCUT2D eigenvalue weighted by molar-refractivity contribution is 9.10. The molecule has 0 bridgehead atoms. The van der Waals surface area contributed by atoms with Crippen molar-refractivity contribution in [3.05, 3.63) is 46.2 Å². The van der Waals surface area contributed by atoms with Crippen molar-refractivity contribution in [1.29, 1.82) is 0 Å². The average Bonchev–Trinajstić information content (AvgIpc) is 2.01. The minimum atomic E-state index is -0.805. The van der Waals surface area contributed by atoms with Crippen LogP contribution in [0.25, 0.3) is 0 Å². The summed E-state index contributed by atoms with van der Waals surface area (Å²) in [5.74, 6) is -0.395. The molecule has 0 spiro atoms. The highest BCUT2D eigenvalue weighted by atomic mass is 79.9. The fraction of sp³-hybridized carbons (Fsp3) is 0.273. The summed E-state index contributed by atoms with van der Waals surface area (Å²) < 4.78 is 14.0. The van der Waals surface area contributed by atoms with Crippen LogP contribution in [-0.4, -0.2) is 5.11 Å². The van der Waals surface area contributed by atoms with Gasteiger partial charge in [-0.25, -0.2) is 4.39 Å². The van der Waals surface area contributed by atoms with Crippen molar-refractivity contribution in [3.8, 4) is 0 Å². The lowest BCUT2D eigenvalue weighted by atomic mass is 10.0. The number of aliphatic hydroxyl groups is 1. The van der Waals surface area contributed by atoms with Gasteiger partial charge in [-0.05, 0) is 25.5 Å². The molecule has 0 radical (unpaired) electrons. The summed E-state index contributed by atoms with van der Waals surface area (Å²) in [5.41, 5.74) is 1.15. The summed E-state index contributed by atoms with van der Waals surface area (Å²) in [6.45, 7) is 5.48. The molecular weight excluding hydrogens is 247 g/mol. The fourth-order valence-corrected chi connectivity index (χ4v) is 1.54. The van der Waals surface area contributed by atoms with Crippen LogP contribution in [0.5, 0.6) is 0 Å². The molecule has 0 heterocycles. The van der Waals surface area contributed by atoms with Crippen LogP contribution in [0.2, 0.25) is 0 Å². The summed E-state index contributed by atoms with van der Waals surface area (Å²) in [7, 11) is 0. The van der Waals surface area contributed by atoms with Crippen molar-refractivity contribution < 1.29 is 9.50 Å². The Labute approximate surface area is 91.4 Å². The van der Waals surface area contributed by atoms with Gasteiger partial charge in [0, 0.05) is 10.0 Å². The Bertz CT molecular complexity index is 349. The molecule has 0 aliphatic carbocycles. The predicted octanol–water partition coefficient (Wildman–Crippen LogP) is 3.59. The van der Waals surface area contributed by atoms with Crippen LogP contribution in [0, 0.1) is 5.82 Å². The van der Waals surface area contributed by atoms with Crippen LogP contribution >= 0.6 is 15.9 Å². The molecule has 0 aliphatic heterocycles. The van der Waals surface area contributed by atoms with E-state index in [1.807, 2.05) is 0 Å². The van der Waals surface area contributed by atoms with E-state index in [0.717, 1.165) is 5.57 Å². The predicted molar refractivity (Wildman–Crippen MR) is 58.5 cm³/mol. The van der Waals surface area contributed by atoms with Gasteiger partial charge in [-0.15, -0.1) is 6.58 Å². The monoisotopic (exact) mass is 258 g/mol. The smallest absolute Gasteiger partial charge is 0.130 e.